The minimum absolute atomic E-state index is 0.351. The lowest BCUT2D eigenvalue weighted by Gasteiger charge is -2.11. The molecular formula is C17H17NO. The molecule has 2 nitrogen and oxygen atoms in total. The molecule has 1 heterocycles. The second kappa shape index (κ2) is 4.47. The van der Waals surface area contributed by atoms with Crippen LogP contribution in [0.4, 0.5) is 0 Å². The number of phenols is 1. The molecule has 0 aliphatic rings. The van der Waals surface area contributed by atoms with Crippen LogP contribution in [0, 0.1) is 13.8 Å². The molecule has 0 radical (unpaired) electrons. The minimum atomic E-state index is 0.351. The van der Waals surface area contributed by atoms with Crippen LogP contribution in [0.15, 0.2) is 48.5 Å². The molecule has 0 aliphatic carbocycles. The normalized spacial score (nSPS) is 11.1. The van der Waals surface area contributed by atoms with E-state index in [1.165, 1.54) is 16.8 Å². The lowest BCUT2D eigenvalue weighted by Crippen LogP contribution is -2.02. The minimum Gasteiger partial charge on any atom is -0.507 e. The molecule has 96 valence electrons. The Kier molecular flexibility index (Phi) is 2.79. The van der Waals surface area contributed by atoms with Crippen LogP contribution in [-0.2, 0) is 6.54 Å². The number of aryl methyl sites for hydroxylation is 2. The summed E-state index contributed by atoms with van der Waals surface area (Å²) in [5.41, 5.74) is 4.86. The van der Waals surface area contributed by atoms with Gasteiger partial charge in [0.25, 0.3) is 0 Å². The molecule has 3 rings (SSSR count). The van der Waals surface area contributed by atoms with E-state index in [1.807, 2.05) is 12.1 Å². The predicted molar refractivity (Wildman–Crippen MR) is 78.6 cm³/mol. The monoisotopic (exact) mass is 251 g/mol. The Balaban J connectivity index is 2.13. The lowest BCUT2D eigenvalue weighted by atomic mass is 10.1. The number of hydrogen-bond acceptors (Lipinski definition) is 1. The van der Waals surface area contributed by atoms with Crippen LogP contribution >= 0.6 is 0 Å². The molecule has 0 fully saturated rings. The second-order valence-electron chi connectivity index (χ2n) is 5.01. The fourth-order valence-electron chi connectivity index (χ4n) is 2.57. The number of phenolic OH excluding ortho intramolecular Hbond substituents is 1. The highest BCUT2D eigenvalue weighted by Crippen LogP contribution is 2.28. The zero-order valence-electron chi connectivity index (χ0n) is 11.2. The van der Waals surface area contributed by atoms with E-state index in [2.05, 4.69) is 48.7 Å². The van der Waals surface area contributed by atoms with Gasteiger partial charge in [-0.05, 0) is 43.2 Å². The van der Waals surface area contributed by atoms with Crippen molar-refractivity contribution in [1.82, 2.24) is 4.57 Å². The molecule has 0 amide bonds. The van der Waals surface area contributed by atoms with E-state index >= 15 is 0 Å². The van der Waals surface area contributed by atoms with E-state index in [0.717, 1.165) is 17.4 Å². The Bertz CT molecular complexity index is 740. The van der Waals surface area contributed by atoms with Gasteiger partial charge in [-0.25, -0.2) is 0 Å². The van der Waals surface area contributed by atoms with Crippen LogP contribution in [0.2, 0.25) is 0 Å². The Morgan fingerprint density at radius 3 is 2.58 bits per heavy atom. The standard InChI is InChI=1S/C17H17NO/c1-12-6-3-4-7-14(12)11-18-13(2)10-15-16(18)8-5-9-17(15)19/h3-10,19H,11H2,1-2H3. The van der Waals surface area contributed by atoms with Gasteiger partial charge in [0, 0.05) is 17.6 Å². The van der Waals surface area contributed by atoms with Crippen molar-refractivity contribution in [3.63, 3.8) is 0 Å². The van der Waals surface area contributed by atoms with E-state index in [4.69, 9.17) is 0 Å². The fraction of sp³-hybridized carbons (Fsp3) is 0.176. The van der Waals surface area contributed by atoms with Crippen molar-refractivity contribution < 1.29 is 5.11 Å². The van der Waals surface area contributed by atoms with Gasteiger partial charge >= 0.3 is 0 Å². The molecule has 0 saturated carbocycles. The van der Waals surface area contributed by atoms with Crippen molar-refractivity contribution in [2.75, 3.05) is 0 Å². The first-order chi connectivity index (χ1) is 9.16. The fourth-order valence-corrected chi connectivity index (χ4v) is 2.57. The third-order valence-electron chi connectivity index (χ3n) is 3.72. The summed E-state index contributed by atoms with van der Waals surface area (Å²) in [4.78, 5) is 0. The van der Waals surface area contributed by atoms with Crippen molar-refractivity contribution >= 4 is 10.9 Å². The Morgan fingerprint density at radius 2 is 1.79 bits per heavy atom. The summed E-state index contributed by atoms with van der Waals surface area (Å²) in [6.07, 6.45) is 0. The van der Waals surface area contributed by atoms with Gasteiger partial charge in [-0.3, -0.25) is 0 Å². The summed E-state index contributed by atoms with van der Waals surface area (Å²) in [5, 5.41) is 10.8. The predicted octanol–water partition coefficient (Wildman–Crippen LogP) is 4.01. The number of fused-ring (bicyclic) bond motifs is 1. The summed E-state index contributed by atoms with van der Waals surface area (Å²) in [6, 6.07) is 16.2. The van der Waals surface area contributed by atoms with E-state index in [0.29, 0.717) is 5.75 Å². The molecule has 0 bridgehead atoms. The van der Waals surface area contributed by atoms with Crippen LogP contribution in [0.1, 0.15) is 16.8 Å². The van der Waals surface area contributed by atoms with E-state index in [1.54, 1.807) is 6.07 Å². The molecule has 0 spiro atoms. The molecular weight excluding hydrogens is 234 g/mol. The van der Waals surface area contributed by atoms with E-state index in [-0.39, 0.29) is 0 Å². The van der Waals surface area contributed by atoms with Gasteiger partial charge in [0.05, 0.1) is 5.52 Å². The largest absolute Gasteiger partial charge is 0.507 e. The first-order valence-electron chi connectivity index (χ1n) is 6.49. The van der Waals surface area contributed by atoms with Gasteiger partial charge in [-0.2, -0.15) is 0 Å². The Hall–Kier alpha value is -2.22. The van der Waals surface area contributed by atoms with Crippen molar-refractivity contribution in [2.45, 2.75) is 20.4 Å². The maximum absolute atomic E-state index is 9.92. The molecule has 2 aromatic carbocycles. The highest BCUT2D eigenvalue weighted by Gasteiger charge is 2.09. The van der Waals surface area contributed by atoms with E-state index < -0.39 is 0 Å². The summed E-state index contributed by atoms with van der Waals surface area (Å²) in [5.74, 6) is 0.351. The van der Waals surface area contributed by atoms with Gasteiger partial charge in [-0.1, -0.05) is 30.3 Å². The highest BCUT2D eigenvalue weighted by molar-refractivity contribution is 5.87. The summed E-state index contributed by atoms with van der Waals surface area (Å²) in [6.45, 7) is 5.05. The van der Waals surface area contributed by atoms with Crippen molar-refractivity contribution in [3.05, 3.63) is 65.4 Å². The molecule has 1 N–H and O–H groups in total. The zero-order chi connectivity index (χ0) is 13.4. The number of benzene rings is 2. The van der Waals surface area contributed by atoms with Gasteiger partial charge in [0.2, 0.25) is 0 Å². The van der Waals surface area contributed by atoms with Gasteiger partial charge in [0.15, 0.2) is 0 Å². The SMILES string of the molecule is Cc1ccccc1Cn1c(C)cc2c(O)cccc21. The third kappa shape index (κ3) is 1.99. The number of aromatic nitrogens is 1. The summed E-state index contributed by atoms with van der Waals surface area (Å²) in [7, 11) is 0. The molecule has 1 aromatic heterocycles. The van der Waals surface area contributed by atoms with Crippen LogP contribution in [-0.4, -0.2) is 9.67 Å². The average Bonchev–Trinajstić information content (AvgIpc) is 2.71. The smallest absolute Gasteiger partial charge is 0.124 e. The lowest BCUT2D eigenvalue weighted by molar-refractivity contribution is 0.481. The molecule has 2 heteroatoms. The molecule has 3 aromatic rings. The van der Waals surface area contributed by atoms with E-state index in [9.17, 15) is 5.11 Å². The highest BCUT2D eigenvalue weighted by atomic mass is 16.3. The van der Waals surface area contributed by atoms with Gasteiger partial charge < -0.3 is 9.67 Å². The quantitative estimate of drug-likeness (QED) is 0.731. The number of aromatic hydroxyl groups is 1. The second-order valence-corrected chi connectivity index (χ2v) is 5.01. The Morgan fingerprint density at radius 1 is 1.00 bits per heavy atom. The Labute approximate surface area is 112 Å². The maximum Gasteiger partial charge on any atom is 0.124 e. The summed E-state index contributed by atoms with van der Waals surface area (Å²) >= 11 is 0. The van der Waals surface area contributed by atoms with Crippen molar-refractivity contribution in [1.29, 1.82) is 0 Å². The number of nitrogens with zero attached hydrogens (tertiary/aromatic N) is 1. The first kappa shape index (κ1) is 11.8. The third-order valence-corrected chi connectivity index (χ3v) is 3.72. The van der Waals surface area contributed by atoms with Crippen molar-refractivity contribution in [3.8, 4) is 5.75 Å². The van der Waals surface area contributed by atoms with Crippen LogP contribution in [0.5, 0.6) is 5.75 Å². The van der Waals surface area contributed by atoms with Crippen LogP contribution in [0.3, 0.4) is 0 Å². The summed E-state index contributed by atoms with van der Waals surface area (Å²) < 4.78 is 2.25. The van der Waals surface area contributed by atoms with Crippen LogP contribution in [0.25, 0.3) is 10.9 Å². The first-order valence-corrected chi connectivity index (χ1v) is 6.49. The molecule has 19 heavy (non-hydrogen) atoms. The molecule has 0 aliphatic heterocycles. The number of hydrogen-bond donors (Lipinski definition) is 1. The van der Waals surface area contributed by atoms with Crippen LogP contribution < -0.4 is 0 Å². The van der Waals surface area contributed by atoms with Gasteiger partial charge in [0.1, 0.15) is 5.75 Å². The topological polar surface area (TPSA) is 25.2 Å². The molecule has 0 unspecified atom stereocenters. The average molecular weight is 251 g/mol. The number of rotatable bonds is 2. The maximum atomic E-state index is 9.92. The van der Waals surface area contributed by atoms with Gasteiger partial charge in [-0.15, -0.1) is 0 Å². The molecule has 0 atom stereocenters. The molecule has 0 saturated heterocycles. The zero-order valence-corrected chi connectivity index (χ0v) is 11.2. The van der Waals surface area contributed by atoms with Crippen molar-refractivity contribution in [2.24, 2.45) is 0 Å².